The fraction of sp³-hybridized carbons (Fsp3) is 0.250. The highest BCUT2D eigenvalue weighted by Crippen LogP contribution is 2.22. The highest BCUT2D eigenvalue weighted by atomic mass is 19.1. The molecule has 0 aliphatic rings. The van der Waals surface area contributed by atoms with E-state index in [9.17, 15) is 4.39 Å². The minimum absolute atomic E-state index is 0.0681. The molecule has 4 heteroatoms. The van der Waals surface area contributed by atoms with Crippen molar-refractivity contribution in [2.75, 3.05) is 7.11 Å². The van der Waals surface area contributed by atoms with Crippen LogP contribution in [0.15, 0.2) is 42.5 Å². The van der Waals surface area contributed by atoms with E-state index in [0.29, 0.717) is 6.42 Å². The first kappa shape index (κ1) is 14.5. The lowest BCUT2D eigenvalue weighted by molar-refractivity contribution is 0.414. The van der Waals surface area contributed by atoms with Gasteiger partial charge in [0.2, 0.25) is 0 Å². The van der Waals surface area contributed by atoms with Crippen LogP contribution in [-0.2, 0) is 6.42 Å². The number of aryl methyl sites for hydroxylation is 1. The molecule has 0 aliphatic heterocycles. The topological polar surface area (TPSA) is 47.3 Å². The van der Waals surface area contributed by atoms with Crippen LogP contribution in [0.1, 0.15) is 22.7 Å². The Morgan fingerprint density at radius 1 is 1.20 bits per heavy atom. The van der Waals surface area contributed by atoms with Gasteiger partial charge in [-0.1, -0.05) is 18.2 Å². The Hall–Kier alpha value is -1.91. The first-order chi connectivity index (χ1) is 9.63. The third kappa shape index (κ3) is 3.35. The van der Waals surface area contributed by atoms with E-state index in [4.69, 9.17) is 10.6 Å². The minimum Gasteiger partial charge on any atom is -0.497 e. The summed E-state index contributed by atoms with van der Waals surface area (Å²) in [5.74, 6) is 6.21. The van der Waals surface area contributed by atoms with Crippen LogP contribution in [0, 0.1) is 12.7 Å². The average Bonchev–Trinajstić information content (AvgIpc) is 2.48. The molecule has 0 bridgehead atoms. The van der Waals surface area contributed by atoms with Crippen LogP contribution in [0.4, 0.5) is 4.39 Å². The van der Waals surface area contributed by atoms with Gasteiger partial charge >= 0.3 is 0 Å². The van der Waals surface area contributed by atoms with E-state index < -0.39 is 0 Å². The van der Waals surface area contributed by atoms with E-state index in [1.54, 1.807) is 19.2 Å². The van der Waals surface area contributed by atoms with Gasteiger partial charge in [0.25, 0.3) is 0 Å². The molecule has 0 radical (unpaired) electrons. The van der Waals surface area contributed by atoms with E-state index >= 15 is 0 Å². The van der Waals surface area contributed by atoms with Crippen molar-refractivity contribution in [1.82, 2.24) is 5.43 Å². The minimum atomic E-state index is -0.226. The lowest BCUT2D eigenvalue weighted by Crippen LogP contribution is -2.29. The number of rotatable bonds is 5. The summed E-state index contributed by atoms with van der Waals surface area (Å²) >= 11 is 0. The molecule has 0 saturated heterocycles. The predicted octanol–water partition coefficient (Wildman–Crippen LogP) is 2.89. The summed E-state index contributed by atoms with van der Waals surface area (Å²) in [7, 11) is 1.63. The highest BCUT2D eigenvalue weighted by molar-refractivity contribution is 5.32. The summed E-state index contributed by atoms with van der Waals surface area (Å²) in [5, 5.41) is 0. The zero-order valence-electron chi connectivity index (χ0n) is 11.7. The van der Waals surface area contributed by atoms with Gasteiger partial charge in [-0.2, -0.15) is 0 Å². The number of nitrogens with one attached hydrogen (secondary N) is 1. The molecule has 2 aromatic rings. The summed E-state index contributed by atoms with van der Waals surface area (Å²) in [6, 6.07) is 12.4. The highest BCUT2D eigenvalue weighted by Gasteiger charge is 2.12. The number of nitrogens with two attached hydrogens (primary N) is 1. The maximum absolute atomic E-state index is 13.3. The number of benzene rings is 2. The first-order valence-electron chi connectivity index (χ1n) is 6.49. The van der Waals surface area contributed by atoms with Gasteiger partial charge in [-0.25, -0.2) is 4.39 Å². The smallest absolute Gasteiger partial charge is 0.123 e. The molecule has 0 heterocycles. The molecule has 1 atom stereocenters. The number of hydrogen-bond acceptors (Lipinski definition) is 3. The summed E-state index contributed by atoms with van der Waals surface area (Å²) in [6.07, 6.45) is 0.631. The number of methoxy groups -OCH3 is 1. The second-order valence-electron chi connectivity index (χ2n) is 4.77. The van der Waals surface area contributed by atoms with Gasteiger partial charge in [0.1, 0.15) is 11.6 Å². The third-order valence-corrected chi connectivity index (χ3v) is 3.45. The van der Waals surface area contributed by atoms with Crippen LogP contribution >= 0.6 is 0 Å². The predicted molar refractivity (Wildman–Crippen MR) is 77.9 cm³/mol. The lowest BCUT2D eigenvalue weighted by Gasteiger charge is -2.18. The van der Waals surface area contributed by atoms with Gasteiger partial charge in [0, 0.05) is 6.04 Å². The number of hydrazine groups is 1. The zero-order chi connectivity index (χ0) is 14.5. The van der Waals surface area contributed by atoms with Crippen LogP contribution in [0.5, 0.6) is 5.75 Å². The molecule has 0 fully saturated rings. The normalized spacial score (nSPS) is 12.2. The fourth-order valence-corrected chi connectivity index (χ4v) is 2.19. The monoisotopic (exact) mass is 274 g/mol. The van der Waals surface area contributed by atoms with Gasteiger partial charge in [-0.3, -0.25) is 11.3 Å². The molecule has 1 unspecified atom stereocenters. The van der Waals surface area contributed by atoms with E-state index in [1.807, 2.05) is 31.2 Å². The van der Waals surface area contributed by atoms with Crippen molar-refractivity contribution in [3.63, 3.8) is 0 Å². The van der Waals surface area contributed by atoms with Crippen LogP contribution < -0.4 is 16.0 Å². The van der Waals surface area contributed by atoms with Crippen molar-refractivity contribution in [2.24, 2.45) is 5.84 Å². The zero-order valence-corrected chi connectivity index (χ0v) is 11.7. The number of ether oxygens (including phenoxy) is 1. The standard InChI is InChI=1S/C16H19FN2O/c1-11-3-6-14(17)9-13(11)10-16(19-18)12-4-7-15(20-2)8-5-12/h3-9,16,19H,10,18H2,1-2H3. The third-order valence-electron chi connectivity index (χ3n) is 3.45. The molecule has 2 aromatic carbocycles. The molecule has 0 aromatic heterocycles. The van der Waals surface area contributed by atoms with E-state index in [0.717, 1.165) is 22.4 Å². The maximum atomic E-state index is 13.3. The van der Waals surface area contributed by atoms with Gasteiger partial charge in [0.05, 0.1) is 7.11 Å². The Morgan fingerprint density at radius 2 is 1.90 bits per heavy atom. The average molecular weight is 274 g/mol. The molecular weight excluding hydrogens is 255 g/mol. The van der Waals surface area contributed by atoms with Crippen LogP contribution in [0.2, 0.25) is 0 Å². The summed E-state index contributed by atoms with van der Waals surface area (Å²) in [5.41, 5.74) is 5.83. The van der Waals surface area contributed by atoms with E-state index in [-0.39, 0.29) is 11.9 Å². The van der Waals surface area contributed by atoms with Crippen molar-refractivity contribution in [2.45, 2.75) is 19.4 Å². The van der Waals surface area contributed by atoms with E-state index in [2.05, 4.69) is 5.43 Å². The summed E-state index contributed by atoms with van der Waals surface area (Å²) in [6.45, 7) is 1.97. The van der Waals surface area contributed by atoms with Crippen LogP contribution in [0.25, 0.3) is 0 Å². The second kappa shape index (κ2) is 6.50. The Balaban J connectivity index is 2.21. The SMILES string of the molecule is COc1ccc(C(Cc2cc(F)ccc2C)NN)cc1. The number of halogens is 1. The van der Waals surface area contributed by atoms with Crippen molar-refractivity contribution in [3.05, 3.63) is 65.0 Å². The maximum Gasteiger partial charge on any atom is 0.123 e. The Morgan fingerprint density at radius 3 is 2.50 bits per heavy atom. The molecule has 2 rings (SSSR count). The van der Waals surface area contributed by atoms with Crippen molar-refractivity contribution in [1.29, 1.82) is 0 Å². The quantitative estimate of drug-likeness (QED) is 0.651. The van der Waals surface area contributed by atoms with Gasteiger partial charge in [0.15, 0.2) is 0 Å². The molecule has 20 heavy (non-hydrogen) atoms. The lowest BCUT2D eigenvalue weighted by atomic mass is 9.96. The second-order valence-corrected chi connectivity index (χ2v) is 4.77. The van der Waals surface area contributed by atoms with E-state index in [1.165, 1.54) is 6.07 Å². The van der Waals surface area contributed by atoms with Crippen molar-refractivity contribution >= 4 is 0 Å². The van der Waals surface area contributed by atoms with Gasteiger partial charge < -0.3 is 4.74 Å². The molecule has 0 aliphatic carbocycles. The van der Waals surface area contributed by atoms with Gasteiger partial charge in [-0.05, 0) is 54.3 Å². The molecule has 0 spiro atoms. The molecular formula is C16H19FN2O. The molecule has 106 valence electrons. The Kier molecular flexibility index (Phi) is 4.71. The van der Waals surface area contributed by atoms with Crippen molar-refractivity contribution in [3.8, 4) is 5.75 Å². The summed E-state index contributed by atoms with van der Waals surface area (Å²) < 4.78 is 18.5. The molecule has 0 amide bonds. The van der Waals surface area contributed by atoms with Crippen LogP contribution in [0.3, 0.4) is 0 Å². The largest absolute Gasteiger partial charge is 0.497 e. The Bertz CT molecular complexity index is 569. The Labute approximate surface area is 118 Å². The molecule has 3 nitrogen and oxygen atoms in total. The molecule has 3 N–H and O–H groups in total. The number of hydrogen-bond donors (Lipinski definition) is 2. The summed E-state index contributed by atoms with van der Waals surface area (Å²) in [4.78, 5) is 0. The fourth-order valence-electron chi connectivity index (χ4n) is 2.19. The first-order valence-corrected chi connectivity index (χ1v) is 6.49. The van der Waals surface area contributed by atoms with Crippen molar-refractivity contribution < 1.29 is 9.13 Å². The molecule has 0 saturated carbocycles. The van der Waals surface area contributed by atoms with Gasteiger partial charge in [-0.15, -0.1) is 0 Å². The van der Waals surface area contributed by atoms with Crippen LogP contribution in [-0.4, -0.2) is 7.11 Å².